The molecule has 7 heteroatoms. The largest absolute Gasteiger partial charge is 0.340 e. The number of thioether (sulfide) groups is 1. The van der Waals surface area contributed by atoms with Gasteiger partial charge in [-0.1, -0.05) is 18.2 Å². The Balaban J connectivity index is 1.65. The average Bonchev–Trinajstić information content (AvgIpc) is 3.00. The van der Waals surface area contributed by atoms with Crippen molar-refractivity contribution in [3.63, 3.8) is 0 Å². The molecule has 1 unspecified atom stereocenters. The van der Waals surface area contributed by atoms with Gasteiger partial charge in [-0.2, -0.15) is 0 Å². The van der Waals surface area contributed by atoms with E-state index in [1.54, 1.807) is 30.1 Å². The lowest BCUT2D eigenvalue weighted by atomic mass is 10.2. The van der Waals surface area contributed by atoms with Crippen molar-refractivity contribution in [3.05, 3.63) is 71.3 Å². The van der Waals surface area contributed by atoms with Gasteiger partial charge < -0.3 is 9.80 Å². The van der Waals surface area contributed by atoms with E-state index in [-0.39, 0.29) is 28.6 Å². The molecule has 136 valence electrons. The second-order valence-corrected chi connectivity index (χ2v) is 7.11. The molecule has 3 rings (SSSR count). The summed E-state index contributed by atoms with van der Waals surface area (Å²) in [5, 5.41) is -0.194. The number of benzene rings is 2. The minimum Gasteiger partial charge on any atom is -0.340 e. The van der Waals surface area contributed by atoms with Crippen molar-refractivity contribution in [2.45, 2.75) is 5.37 Å². The number of rotatable bonds is 5. The predicted molar refractivity (Wildman–Crippen MR) is 96.7 cm³/mol. The van der Waals surface area contributed by atoms with Crippen molar-refractivity contribution in [1.29, 1.82) is 0 Å². The number of hydrogen-bond acceptors (Lipinski definition) is 3. The molecule has 0 N–H and O–H groups in total. The van der Waals surface area contributed by atoms with Crippen LogP contribution >= 0.6 is 11.8 Å². The van der Waals surface area contributed by atoms with Gasteiger partial charge in [0.05, 0.1) is 5.75 Å². The predicted octanol–water partition coefficient (Wildman–Crippen LogP) is 3.31. The summed E-state index contributed by atoms with van der Waals surface area (Å²) in [7, 11) is 1.62. The number of carbonyl (C=O) groups is 2. The van der Waals surface area contributed by atoms with E-state index in [4.69, 9.17) is 0 Å². The Morgan fingerprint density at radius 2 is 1.92 bits per heavy atom. The topological polar surface area (TPSA) is 40.6 Å². The molecule has 1 saturated heterocycles. The van der Waals surface area contributed by atoms with Crippen LogP contribution in [0.4, 0.5) is 8.78 Å². The summed E-state index contributed by atoms with van der Waals surface area (Å²) >= 11 is 1.48. The van der Waals surface area contributed by atoms with E-state index in [0.717, 1.165) is 5.56 Å². The molecule has 2 aromatic carbocycles. The highest BCUT2D eigenvalue weighted by Gasteiger charge is 2.32. The molecule has 0 spiro atoms. The zero-order chi connectivity index (χ0) is 18.7. The molecule has 0 aromatic heterocycles. The standard InChI is InChI=1S/C19H18F2N2O2S/c1-22(18(25)14-3-2-4-16(21)11-14)9-10-23-17(24)12-26-19(23)13-5-7-15(20)8-6-13/h2-8,11,19H,9-10,12H2,1H3. The summed E-state index contributed by atoms with van der Waals surface area (Å²) in [5.74, 6) is -0.760. The number of amides is 2. The van der Waals surface area contributed by atoms with Gasteiger partial charge in [0.2, 0.25) is 5.91 Å². The Labute approximate surface area is 154 Å². The molecule has 2 aromatic rings. The first-order chi connectivity index (χ1) is 12.5. The number of hydrogen-bond donors (Lipinski definition) is 0. The maximum atomic E-state index is 13.3. The van der Waals surface area contributed by atoms with Crippen LogP contribution in [0.15, 0.2) is 48.5 Å². The van der Waals surface area contributed by atoms with Crippen LogP contribution < -0.4 is 0 Å². The quantitative estimate of drug-likeness (QED) is 0.804. The van der Waals surface area contributed by atoms with Crippen LogP contribution in [0.1, 0.15) is 21.3 Å². The summed E-state index contributed by atoms with van der Waals surface area (Å²) in [6, 6.07) is 11.6. The fraction of sp³-hybridized carbons (Fsp3) is 0.263. The Kier molecular flexibility index (Phi) is 5.56. The lowest BCUT2D eigenvalue weighted by Gasteiger charge is -2.27. The van der Waals surface area contributed by atoms with Gasteiger partial charge in [0.25, 0.3) is 5.91 Å². The zero-order valence-electron chi connectivity index (χ0n) is 14.2. The van der Waals surface area contributed by atoms with Crippen molar-refractivity contribution in [1.82, 2.24) is 9.80 Å². The summed E-state index contributed by atoms with van der Waals surface area (Å²) in [4.78, 5) is 27.7. The minimum atomic E-state index is -0.466. The number of carbonyl (C=O) groups excluding carboxylic acids is 2. The molecule has 1 fully saturated rings. The molecule has 0 radical (unpaired) electrons. The van der Waals surface area contributed by atoms with E-state index >= 15 is 0 Å². The molecular weight excluding hydrogens is 358 g/mol. The van der Waals surface area contributed by atoms with Crippen LogP contribution in [-0.2, 0) is 4.79 Å². The summed E-state index contributed by atoms with van der Waals surface area (Å²) < 4.78 is 26.4. The number of nitrogens with zero attached hydrogens (tertiary/aromatic N) is 2. The van der Waals surface area contributed by atoms with Crippen molar-refractivity contribution >= 4 is 23.6 Å². The Morgan fingerprint density at radius 3 is 2.62 bits per heavy atom. The van der Waals surface area contributed by atoms with Gasteiger partial charge in [0, 0.05) is 25.7 Å². The molecule has 0 saturated carbocycles. The van der Waals surface area contributed by atoms with Crippen molar-refractivity contribution < 1.29 is 18.4 Å². The van der Waals surface area contributed by atoms with Crippen LogP contribution in [-0.4, -0.2) is 47.5 Å². The molecular formula is C19H18F2N2O2S. The third kappa shape index (κ3) is 4.04. The molecule has 4 nitrogen and oxygen atoms in total. The van der Waals surface area contributed by atoms with Crippen LogP contribution in [0.5, 0.6) is 0 Å². The van der Waals surface area contributed by atoms with E-state index in [1.165, 1.54) is 47.0 Å². The highest BCUT2D eigenvalue weighted by molar-refractivity contribution is 8.00. The number of halogens is 2. The first-order valence-corrected chi connectivity index (χ1v) is 9.18. The molecule has 0 bridgehead atoms. The van der Waals surface area contributed by atoms with Crippen molar-refractivity contribution in [3.8, 4) is 0 Å². The monoisotopic (exact) mass is 376 g/mol. The van der Waals surface area contributed by atoms with E-state index in [1.807, 2.05) is 0 Å². The van der Waals surface area contributed by atoms with E-state index in [2.05, 4.69) is 0 Å². The van der Waals surface area contributed by atoms with Gasteiger partial charge in [-0.3, -0.25) is 9.59 Å². The number of likely N-dealkylation sites (N-methyl/N-ethyl adjacent to an activating group) is 1. The summed E-state index contributed by atoms with van der Waals surface area (Å²) in [5.41, 5.74) is 1.12. The van der Waals surface area contributed by atoms with Crippen molar-refractivity contribution in [2.24, 2.45) is 0 Å². The van der Waals surface area contributed by atoms with Crippen molar-refractivity contribution in [2.75, 3.05) is 25.9 Å². The molecule has 1 atom stereocenters. The van der Waals surface area contributed by atoms with Gasteiger partial charge in [-0.15, -0.1) is 11.8 Å². The first kappa shape index (κ1) is 18.4. The Bertz CT molecular complexity index is 813. The maximum Gasteiger partial charge on any atom is 0.253 e. The maximum absolute atomic E-state index is 13.3. The normalized spacial score (nSPS) is 16.8. The lowest BCUT2D eigenvalue weighted by molar-refractivity contribution is -0.128. The fourth-order valence-corrected chi connectivity index (χ4v) is 4.02. The first-order valence-electron chi connectivity index (χ1n) is 8.13. The van der Waals surface area contributed by atoms with E-state index in [9.17, 15) is 18.4 Å². The lowest BCUT2D eigenvalue weighted by Crippen LogP contribution is -2.38. The highest BCUT2D eigenvalue weighted by Crippen LogP contribution is 2.38. The smallest absolute Gasteiger partial charge is 0.253 e. The van der Waals surface area contributed by atoms with Crippen LogP contribution in [0.3, 0.4) is 0 Å². The van der Waals surface area contributed by atoms with Gasteiger partial charge in [0.15, 0.2) is 0 Å². The third-order valence-corrected chi connectivity index (χ3v) is 5.47. The second-order valence-electron chi connectivity index (χ2n) is 6.04. The van der Waals surface area contributed by atoms with Crippen LogP contribution in [0.2, 0.25) is 0 Å². The molecule has 1 aliphatic rings. The SMILES string of the molecule is CN(CCN1C(=O)CSC1c1ccc(F)cc1)C(=O)c1cccc(F)c1. The molecule has 1 aliphatic heterocycles. The average molecular weight is 376 g/mol. The van der Waals surface area contributed by atoms with E-state index in [0.29, 0.717) is 18.8 Å². The fourth-order valence-electron chi connectivity index (χ4n) is 2.80. The van der Waals surface area contributed by atoms with Gasteiger partial charge in [0.1, 0.15) is 17.0 Å². The zero-order valence-corrected chi connectivity index (χ0v) is 15.0. The van der Waals surface area contributed by atoms with Gasteiger partial charge >= 0.3 is 0 Å². The Hall–Kier alpha value is -2.41. The summed E-state index contributed by atoms with van der Waals surface area (Å²) in [6.45, 7) is 0.671. The van der Waals surface area contributed by atoms with Crippen LogP contribution in [0, 0.1) is 11.6 Å². The van der Waals surface area contributed by atoms with Gasteiger partial charge in [-0.05, 0) is 35.9 Å². The molecule has 2 amide bonds. The minimum absolute atomic E-state index is 0.0177. The van der Waals surface area contributed by atoms with Gasteiger partial charge in [-0.25, -0.2) is 8.78 Å². The third-order valence-electron chi connectivity index (χ3n) is 4.22. The Morgan fingerprint density at radius 1 is 1.19 bits per heavy atom. The molecule has 26 heavy (non-hydrogen) atoms. The summed E-state index contributed by atoms with van der Waals surface area (Å²) in [6.07, 6.45) is 0. The van der Waals surface area contributed by atoms with Crippen LogP contribution in [0.25, 0.3) is 0 Å². The highest BCUT2D eigenvalue weighted by atomic mass is 32.2. The van der Waals surface area contributed by atoms with E-state index < -0.39 is 5.82 Å². The second kappa shape index (κ2) is 7.86. The molecule has 0 aliphatic carbocycles. The molecule has 1 heterocycles.